The third kappa shape index (κ3) is 3.49. The van der Waals surface area contributed by atoms with Crippen LogP contribution in [0.5, 0.6) is 0 Å². The summed E-state index contributed by atoms with van der Waals surface area (Å²) in [4.78, 5) is 25.4. The molecule has 0 aromatic carbocycles. The van der Waals surface area contributed by atoms with Crippen LogP contribution in [0.1, 0.15) is 32.1 Å². The predicted molar refractivity (Wildman–Crippen MR) is 126 cm³/mol. The third-order valence-electron chi connectivity index (χ3n) is 7.47. The van der Waals surface area contributed by atoms with Crippen molar-refractivity contribution in [2.24, 2.45) is 17.3 Å². The second-order valence-corrected chi connectivity index (χ2v) is 11.0. The van der Waals surface area contributed by atoms with Crippen LogP contribution in [0.2, 0.25) is 0 Å². The first-order valence-electron chi connectivity index (χ1n) is 11.4. The van der Waals surface area contributed by atoms with Gasteiger partial charge >= 0.3 is 0 Å². The lowest BCUT2D eigenvalue weighted by Gasteiger charge is -2.57. The van der Waals surface area contributed by atoms with Gasteiger partial charge in [0.1, 0.15) is 4.83 Å². The quantitative estimate of drug-likeness (QED) is 0.506. The van der Waals surface area contributed by atoms with Crippen molar-refractivity contribution >= 4 is 40.8 Å². The summed E-state index contributed by atoms with van der Waals surface area (Å²) >= 11 is 1.84. The van der Waals surface area contributed by atoms with E-state index in [1.54, 1.807) is 7.41 Å². The Balaban J connectivity index is 1.25. The van der Waals surface area contributed by atoms with E-state index >= 15 is 0 Å². The summed E-state index contributed by atoms with van der Waals surface area (Å²) in [5.74, 6) is 1.34. The van der Waals surface area contributed by atoms with Crippen LogP contribution in [0.3, 0.4) is 0 Å². The number of carbonyl (C=O) groups is 1. The molecule has 0 bridgehead atoms. The summed E-state index contributed by atoms with van der Waals surface area (Å²) in [6.45, 7) is 13.8. The fourth-order valence-electron chi connectivity index (χ4n) is 6.09. The van der Waals surface area contributed by atoms with Gasteiger partial charge < -0.3 is 14.5 Å². The molecule has 5 rings (SSSR count). The molecule has 159 valence electrons. The molecule has 7 heteroatoms. The molecule has 0 saturated carbocycles. The Morgan fingerprint density at radius 2 is 2.13 bits per heavy atom. The number of anilines is 1. The van der Waals surface area contributed by atoms with E-state index in [-0.39, 0.29) is 0 Å². The van der Waals surface area contributed by atoms with Gasteiger partial charge in [0.25, 0.3) is 7.41 Å². The van der Waals surface area contributed by atoms with Crippen LogP contribution in [0.4, 0.5) is 5.69 Å². The van der Waals surface area contributed by atoms with E-state index in [4.69, 9.17) is 0 Å². The van der Waals surface area contributed by atoms with Crippen LogP contribution in [0.25, 0.3) is 10.2 Å². The number of fused-ring (bicyclic) bond motifs is 1. The molecule has 1 radical (unpaired) electrons. The number of rotatable bonds is 7. The average Bonchev–Trinajstić information content (AvgIpc) is 3.29. The molecule has 1 spiro atoms. The van der Waals surface area contributed by atoms with Gasteiger partial charge in [-0.2, -0.15) is 0 Å². The zero-order chi connectivity index (χ0) is 20.9. The van der Waals surface area contributed by atoms with E-state index in [9.17, 15) is 4.79 Å². The summed E-state index contributed by atoms with van der Waals surface area (Å²) < 4.78 is 0. The van der Waals surface area contributed by atoms with Gasteiger partial charge in [-0.3, -0.25) is 4.90 Å². The second kappa shape index (κ2) is 7.92. The van der Waals surface area contributed by atoms with Gasteiger partial charge in [-0.25, -0.2) is 4.98 Å². The van der Waals surface area contributed by atoms with E-state index in [1.165, 1.54) is 46.8 Å². The Morgan fingerprint density at radius 1 is 1.33 bits per heavy atom. The van der Waals surface area contributed by atoms with E-state index in [0.29, 0.717) is 23.3 Å². The van der Waals surface area contributed by atoms with E-state index in [2.05, 4.69) is 52.5 Å². The number of carbonyl (C=O) groups excluding carboxylic acids is 1. The number of aromatic nitrogens is 1. The monoisotopic (exact) mass is 423 g/mol. The number of thiophene rings is 1. The first-order chi connectivity index (χ1) is 14.5. The molecule has 3 aliphatic heterocycles. The Hall–Kier alpha value is -1.44. The first-order valence-corrected chi connectivity index (χ1v) is 12.2. The zero-order valence-electron chi connectivity index (χ0n) is 18.4. The lowest BCUT2D eigenvalue weighted by atomic mass is 9.72. The van der Waals surface area contributed by atoms with Crippen molar-refractivity contribution in [1.82, 2.24) is 14.7 Å². The second-order valence-electron chi connectivity index (χ2n) is 9.93. The number of hydrogen-bond donors (Lipinski definition) is 0. The van der Waals surface area contributed by atoms with Gasteiger partial charge in [-0.1, -0.05) is 20.8 Å². The van der Waals surface area contributed by atoms with Gasteiger partial charge in [-0.05, 0) is 49.9 Å². The van der Waals surface area contributed by atoms with E-state index in [1.807, 2.05) is 17.5 Å². The van der Waals surface area contributed by atoms with Crippen molar-refractivity contribution < 1.29 is 4.79 Å². The molecule has 2 aromatic heterocycles. The molecular weight excluding hydrogens is 391 g/mol. The van der Waals surface area contributed by atoms with Crippen LogP contribution < -0.4 is 4.90 Å². The average molecular weight is 423 g/mol. The highest BCUT2D eigenvalue weighted by Gasteiger charge is 2.52. The number of likely N-dealkylation sites (tertiary alicyclic amines) is 1. The van der Waals surface area contributed by atoms with Crippen molar-refractivity contribution in [3.05, 3.63) is 23.2 Å². The largest absolute Gasteiger partial charge is 0.370 e. The van der Waals surface area contributed by atoms with Crippen molar-refractivity contribution in [2.45, 2.75) is 39.7 Å². The third-order valence-corrected chi connectivity index (χ3v) is 8.65. The fraction of sp³-hybridized carbons (Fsp3) is 0.652. The summed E-state index contributed by atoms with van der Waals surface area (Å²) in [7, 11) is 1.70. The molecule has 1 atom stereocenters. The summed E-state index contributed by atoms with van der Waals surface area (Å²) in [6.07, 6.45) is 5.27. The molecule has 30 heavy (non-hydrogen) atoms. The van der Waals surface area contributed by atoms with Crippen molar-refractivity contribution in [3.8, 4) is 0 Å². The fourth-order valence-corrected chi connectivity index (χ4v) is 7.04. The van der Waals surface area contributed by atoms with Crippen molar-refractivity contribution in [3.63, 3.8) is 0 Å². The van der Waals surface area contributed by atoms with Crippen LogP contribution in [-0.4, -0.2) is 73.6 Å². The molecule has 3 aliphatic rings. The summed E-state index contributed by atoms with van der Waals surface area (Å²) in [5, 5.41) is 1.34. The van der Waals surface area contributed by atoms with E-state index in [0.717, 1.165) is 32.2 Å². The molecule has 0 N–H and O–H groups in total. The van der Waals surface area contributed by atoms with Gasteiger partial charge in [0.15, 0.2) is 0 Å². The van der Waals surface area contributed by atoms with Crippen molar-refractivity contribution in [2.75, 3.05) is 44.2 Å². The molecule has 5 nitrogen and oxygen atoms in total. The highest BCUT2D eigenvalue weighted by Crippen LogP contribution is 2.46. The van der Waals surface area contributed by atoms with Gasteiger partial charge in [0, 0.05) is 59.8 Å². The van der Waals surface area contributed by atoms with Crippen LogP contribution in [0.15, 0.2) is 18.3 Å². The zero-order valence-corrected chi connectivity index (χ0v) is 19.2. The maximum absolute atomic E-state index is 10.7. The minimum absolute atomic E-state index is 0.449. The molecule has 3 saturated heterocycles. The molecule has 0 amide bonds. The van der Waals surface area contributed by atoms with Gasteiger partial charge in [-0.15, -0.1) is 11.3 Å². The van der Waals surface area contributed by atoms with E-state index < -0.39 is 0 Å². The first kappa shape index (κ1) is 20.5. The molecular formula is C23H32BN4OS. The lowest BCUT2D eigenvalue weighted by Crippen LogP contribution is -2.67. The normalized spacial score (nSPS) is 23.1. The molecule has 3 fully saturated rings. The van der Waals surface area contributed by atoms with Crippen molar-refractivity contribution in [1.29, 1.82) is 0 Å². The molecule has 2 aromatic rings. The number of nitrogens with zero attached hydrogens (tertiary/aromatic N) is 4. The number of pyridine rings is 1. The minimum atomic E-state index is 0.449. The van der Waals surface area contributed by atoms with Gasteiger partial charge in [0.2, 0.25) is 0 Å². The summed E-state index contributed by atoms with van der Waals surface area (Å²) in [5.41, 5.74) is 1.83. The number of aryl methyl sites for hydroxylation is 1. The highest BCUT2D eigenvalue weighted by atomic mass is 32.1. The Labute approximate surface area is 184 Å². The minimum Gasteiger partial charge on any atom is -0.370 e. The van der Waals surface area contributed by atoms with Crippen LogP contribution in [0, 0.1) is 17.3 Å². The molecule has 0 aliphatic carbocycles. The summed E-state index contributed by atoms with van der Waals surface area (Å²) in [6, 6.07) is 5.21. The Bertz CT molecular complexity index is 919. The maximum Gasteiger partial charge on any atom is 0.293 e. The lowest BCUT2D eigenvalue weighted by molar-refractivity contribution is -0.0698. The van der Waals surface area contributed by atoms with Gasteiger partial charge in [0.05, 0.1) is 6.19 Å². The highest BCUT2D eigenvalue weighted by molar-refractivity contribution is 7.18. The maximum atomic E-state index is 10.7. The molecule has 1 unspecified atom stereocenters. The smallest absolute Gasteiger partial charge is 0.293 e. The standard InChI is InChI=1S/C23H32BN4OS/c1-4-18-9-19-20(5-7-25-22(19)30-18)26-8-6-23(12-26)13-27(14-23)21(16(2)3)17-10-28(11-17)24-15-29/h5,7,9,15-17,21H,4,6,8,10-14H2,1-3H3. The number of hydrogen-bond acceptors (Lipinski definition) is 6. The Kier molecular flexibility index (Phi) is 5.40. The van der Waals surface area contributed by atoms with Crippen LogP contribution in [-0.2, 0) is 11.2 Å². The van der Waals surface area contributed by atoms with Crippen LogP contribution >= 0.6 is 11.3 Å². The molecule has 5 heterocycles. The predicted octanol–water partition coefficient (Wildman–Crippen LogP) is 3.14. The topological polar surface area (TPSA) is 39.7 Å². The SMILES string of the molecule is CCc1cc2c(N3CCC4(C3)CN(C(C(C)C)C3CN([B]C=O)C3)C4)ccnc2s1. The Morgan fingerprint density at radius 3 is 2.83 bits per heavy atom.